The van der Waals surface area contributed by atoms with Gasteiger partial charge in [0, 0.05) is 23.5 Å². The van der Waals surface area contributed by atoms with Gasteiger partial charge in [0.1, 0.15) is 11.6 Å². The van der Waals surface area contributed by atoms with E-state index in [2.05, 4.69) is 10.6 Å². The third-order valence-electron chi connectivity index (χ3n) is 3.74. The molecule has 2 N–H and O–H groups in total. The Kier molecular flexibility index (Phi) is 8.13. The van der Waals surface area contributed by atoms with Gasteiger partial charge in [-0.25, -0.2) is 8.78 Å². The standard InChI is InChI=1S/C20H20F2N2O3S/c1-13(25)15-4-7-18(17(22)11-15)28-12-20(27)24-9-8-23-19(26)10-14-2-5-16(21)6-3-14/h2-7,11H,8-10,12H2,1H3,(H,23,26)(H,24,27). The van der Waals surface area contributed by atoms with Gasteiger partial charge in [0.15, 0.2) is 5.78 Å². The molecule has 2 aromatic carbocycles. The normalized spacial score (nSPS) is 10.4. The van der Waals surface area contributed by atoms with Crippen molar-refractivity contribution >= 4 is 29.4 Å². The van der Waals surface area contributed by atoms with Crippen LogP contribution < -0.4 is 10.6 Å². The first-order valence-corrected chi connectivity index (χ1v) is 9.55. The van der Waals surface area contributed by atoms with E-state index in [9.17, 15) is 23.2 Å². The first-order valence-electron chi connectivity index (χ1n) is 8.56. The van der Waals surface area contributed by atoms with Gasteiger partial charge < -0.3 is 10.6 Å². The van der Waals surface area contributed by atoms with Crippen LogP contribution in [0.15, 0.2) is 47.4 Å². The smallest absolute Gasteiger partial charge is 0.230 e. The maximum Gasteiger partial charge on any atom is 0.230 e. The number of rotatable bonds is 9. The molecule has 2 rings (SSSR count). The molecule has 148 valence electrons. The molecule has 0 heterocycles. The topological polar surface area (TPSA) is 75.3 Å². The van der Waals surface area contributed by atoms with Gasteiger partial charge in [-0.05, 0) is 36.8 Å². The third-order valence-corrected chi connectivity index (χ3v) is 4.79. The average molecular weight is 406 g/mol. The zero-order chi connectivity index (χ0) is 20.5. The minimum absolute atomic E-state index is 0.0138. The van der Waals surface area contributed by atoms with E-state index in [1.807, 2.05) is 0 Å². The van der Waals surface area contributed by atoms with Gasteiger partial charge in [-0.1, -0.05) is 18.2 Å². The van der Waals surface area contributed by atoms with Gasteiger partial charge in [-0.2, -0.15) is 0 Å². The van der Waals surface area contributed by atoms with Crippen LogP contribution in [-0.2, 0) is 16.0 Å². The zero-order valence-electron chi connectivity index (χ0n) is 15.3. The lowest BCUT2D eigenvalue weighted by atomic mass is 10.1. The summed E-state index contributed by atoms with van der Waals surface area (Å²) in [4.78, 5) is 35.1. The monoisotopic (exact) mass is 406 g/mol. The highest BCUT2D eigenvalue weighted by atomic mass is 32.2. The van der Waals surface area contributed by atoms with Crippen LogP contribution in [0, 0.1) is 11.6 Å². The molecule has 0 saturated heterocycles. The molecule has 0 saturated carbocycles. The van der Waals surface area contributed by atoms with Gasteiger partial charge in [-0.15, -0.1) is 11.8 Å². The fourth-order valence-corrected chi connectivity index (χ4v) is 3.03. The highest BCUT2D eigenvalue weighted by molar-refractivity contribution is 8.00. The number of hydrogen-bond donors (Lipinski definition) is 2. The van der Waals surface area contributed by atoms with Crippen molar-refractivity contribution in [3.8, 4) is 0 Å². The Labute approximate surface area is 165 Å². The average Bonchev–Trinajstić information content (AvgIpc) is 2.66. The largest absolute Gasteiger partial charge is 0.354 e. The number of Topliss-reactive ketones (excluding diaryl/α,β-unsaturated/α-hetero) is 1. The molecule has 0 unspecified atom stereocenters. The van der Waals surface area contributed by atoms with Crippen molar-refractivity contribution < 1.29 is 23.2 Å². The predicted octanol–water partition coefficient (Wildman–Crippen LogP) is 2.73. The van der Waals surface area contributed by atoms with E-state index in [1.165, 1.54) is 43.3 Å². The van der Waals surface area contributed by atoms with Crippen molar-refractivity contribution in [1.82, 2.24) is 10.6 Å². The fourth-order valence-electron chi connectivity index (χ4n) is 2.29. The molecule has 28 heavy (non-hydrogen) atoms. The van der Waals surface area contributed by atoms with Crippen molar-refractivity contribution in [3.05, 3.63) is 65.2 Å². The highest BCUT2D eigenvalue weighted by Crippen LogP contribution is 2.22. The molecule has 2 aromatic rings. The van der Waals surface area contributed by atoms with Crippen LogP contribution in [0.25, 0.3) is 0 Å². The molecule has 0 bridgehead atoms. The van der Waals surface area contributed by atoms with E-state index in [4.69, 9.17) is 0 Å². The number of halogens is 2. The van der Waals surface area contributed by atoms with Gasteiger partial charge in [0.2, 0.25) is 11.8 Å². The summed E-state index contributed by atoms with van der Waals surface area (Å²) in [6.07, 6.45) is 0.125. The summed E-state index contributed by atoms with van der Waals surface area (Å²) in [7, 11) is 0. The Morgan fingerprint density at radius 3 is 2.18 bits per heavy atom. The molecule has 2 amide bonds. The van der Waals surface area contributed by atoms with Crippen molar-refractivity contribution in [1.29, 1.82) is 0 Å². The van der Waals surface area contributed by atoms with Crippen LogP contribution in [0.1, 0.15) is 22.8 Å². The molecule has 0 aliphatic rings. The molecule has 0 aliphatic carbocycles. The molecule has 0 aromatic heterocycles. The molecule has 0 radical (unpaired) electrons. The number of hydrogen-bond acceptors (Lipinski definition) is 4. The lowest BCUT2D eigenvalue weighted by Gasteiger charge is -2.08. The quantitative estimate of drug-likeness (QED) is 0.382. The maximum absolute atomic E-state index is 13.9. The van der Waals surface area contributed by atoms with Gasteiger partial charge in [0.25, 0.3) is 0 Å². The Morgan fingerprint density at radius 1 is 0.929 bits per heavy atom. The second-order valence-corrected chi connectivity index (χ2v) is 7.01. The first kappa shape index (κ1) is 21.6. The van der Waals surface area contributed by atoms with E-state index < -0.39 is 5.82 Å². The predicted molar refractivity (Wildman–Crippen MR) is 103 cm³/mol. The molecule has 0 spiro atoms. The van der Waals surface area contributed by atoms with Crippen LogP contribution in [0.5, 0.6) is 0 Å². The Hall–Kier alpha value is -2.74. The summed E-state index contributed by atoms with van der Waals surface area (Å²) in [6.45, 7) is 1.84. The number of carbonyl (C=O) groups is 3. The fraction of sp³-hybridized carbons (Fsp3) is 0.250. The summed E-state index contributed by atoms with van der Waals surface area (Å²) in [5.41, 5.74) is 0.972. The molecule has 8 heteroatoms. The molecule has 0 fully saturated rings. The molecule has 5 nitrogen and oxygen atoms in total. The highest BCUT2D eigenvalue weighted by Gasteiger charge is 2.09. The van der Waals surface area contributed by atoms with Crippen LogP contribution >= 0.6 is 11.8 Å². The van der Waals surface area contributed by atoms with Crippen LogP contribution in [0.2, 0.25) is 0 Å². The number of benzene rings is 2. The molecular formula is C20H20F2N2O3S. The van der Waals surface area contributed by atoms with Gasteiger partial charge in [-0.3, -0.25) is 14.4 Å². The summed E-state index contributed by atoms with van der Waals surface area (Å²) in [6, 6.07) is 9.79. The van der Waals surface area contributed by atoms with Crippen molar-refractivity contribution in [3.63, 3.8) is 0 Å². The zero-order valence-corrected chi connectivity index (χ0v) is 16.1. The van der Waals surface area contributed by atoms with E-state index in [0.717, 1.165) is 17.8 Å². The SMILES string of the molecule is CC(=O)c1ccc(SCC(=O)NCCNC(=O)Cc2ccc(F)cc2)c(F)c1. The maximum atomic E-state index is 13.9. The lowest BCUT2D eigenvalue weighted by Crippen LogP contribution is -2.36. The summed E-state index contributed by atoms with van der Waals surface area (Å²) >= 11 is 1.03. The van der Waals surface area contributed by atoms with Crippen molar-refractivity contribution in [2.45, 2.75) is 18.2 Å². The number of ketones is 1. The Bertz CT molecular complexity index is 857. The van der Waals surface area contributed by atoms with Crippen LogP contribution in [0.4, 0.5) is 8.78 Å². The molecular weight excluding hydrogens is 386 g/mol. The Balaban J connectivity index is 1.65. The van der Waals surface area contributed by atoms with Gasteiger partial charge in [0.05, 0.1) is 12.2 Å². The second-order valence-electron chi connectivity index (χ2n) is 5.99. The first-order chi connectivity index (χ1) is 13.3. The van der Waals surface area contributed by atoms with Crippen molar-refractivity contribution in [2.24, 2.45) is 0 Å². The van der Waals surface area contributed by atoms with E-state index in [1.54, 1.807) is 0 Å². The van der Waals surface area contributed by atoms with Crippen LogP contribution in [0.3, 0.4) is 0 Å². The summed E-state index contributed by atoms with van der Waals surface area (Å²) < 4.78 is 26.7. The number of nitrogens with one attached hydrogen (secondary N) is 2. The summed E-state index contributed by atoms with van der Waals surface area (Å²) in [5, 5.41) is 5.28. The Morgan fingerprint density at radius 2 is 1.57 bits per heavy atom. The number of amides is 2. The van der Waals surface area contributed by atoms with Crippen LogP contribution in [-0.4, -0.2) is 36.4 Å². The van der Waals surface area contributed by atoms with Gasteiger partial charge >= 0.3 is 0 Å². The number of carbonyl (C=O) groups excluding carboxylic acids is 3. The molecule has 0 aliphatic heterocycles. The lowest BCUT2D eigenvalue weighted by molar-refractivity contribution is -0.121. The minimum Gasteiger partial charge on any atom is -0.354 e. The number of thioether (sulfide) groups is 1. The minimum atomic E-state index is -0.543. The molecule has 0 atom stereocenters. The van der Waals surface area contributed by atoms with E-state index >= 15 is 0 Å². The second kappa shape index (κ2) is 10.6. The summed E-state index contributed by atoms with van der Waals surface area (Å²) in [5.74, 6) is -1.65. The van der Waals surface area contributed by atoms with E-state index in [-0.39, 0.29) is 59.1 Å². The van der Waals surface area contributed by atoms with E-state index in [0.29, 0.717) is 5.56 Å². The van der Waals surface area contributed by atoms with Crippen molar-refractivity contribution in [2.75, 3.05) is 18.8 Å². The third kappa shape index (κ3) is 7.11.